The summed E-state index contributed by atoms with van der Waals surface area (Å²) in [7, 11) is 1.59. The molecule has 1 aromatic rings. The van der Waals surface area contributed by atoms with Crippen molar-refractivity contribution in [3.8, 4) is 0 Å². The number of amides is 1. The molecular weight excluding hydrogens is 206 g/mol. The molecule has 16 heavy (non-hydrogen) atoms. The second-order valence-corrected chi connectivity index (χ2v) is 3.56. The summed E-state index contributed by atoms with van der Waals surface area (Å²) in [4.78, 5) is 11.3. The lowest BCUT2D eigenvalue weighted by Gasteiger charge is -2.12. The first-order valence-electron chi connectivity index (χ1n) is 5.18. The van der Waals surface area contributed by atoms with Crippen LogP contribution in [-0.4, -0.2) is 25.9 Å². The van der Waals surface area contributed by atoms with Crippen LogP contribution in [0.25, 0.3) is 0 Å². The van der Waals surface area contributed by atoms with E-state index in [1.54, 1.807) is 7.11 Å². The summed E-state index contributed by atoms with van der Waals surface area (Å²) in [6.07, 6.45) is -0.423. The number of benzene rings is 1. The van der Waals surface area contributed by atoms with Crippen molar-refractivity contribution < 1.29 is 14.3 Å². The van der Waals surface area contributed by atoms with Crippen molar-refractivity contribution >= 4 is 6.09 Å². The first-order chi connectivity index (χ1) is 7.72. The summed E-state index contributed by atoms with van der Waals surface area (Å²) in [5.74, 6) is 0. The molecule has 88 valence electrons. The molecule has 1 aromatic carbocycles. The van der Waals surface area contributed by atoms with Crippen molar-refractivity contribution in [2.75, 3.05) is 13.7 Å². The van der Waals surface area contributed by atoms with Crippen LogP contribution in [0.3, 0.4) is 0 Å². The van der Waals surface area contributed by atoms with Gasteiger partial charge in [-0.25, -0.2) is 4.79 Å². The van der Waals surface area contributed by atoms with E-state index in [2.05, 4.69) is 5.32 Å². The highest BCUT2D eigenvalue weighted by Gasteiger charge is 2.07. The average Bonchev–Trinajstić information content (AvgIpc) is 2.28. The first kappa shape index (κ1) is 12.5. The van der Waals surface area contributed by atoms with Crippen molar-refractivity contribution in [3.63, 3.8) is 0 Å². The van der Waals surface area contributed by atoms with Crippen molar-refractivity contribution in [3.05, 3.63) is 35.9 Å². The van der Waals surface area contributed by atoms with Gasteiger partial charge in [0.25, 0.3) is 0 Å². The molecule has 0 aliphatic heterocycles. The van der Waals surface area contributed by atoms with E-state index in [0.717, 1.165) is 5.56 Å². The van der Waals surface area contributed by atoms with Gasteiger partial charge >= 0.3 is 6.09 Å². The van der Waals surface area contributed by atoms with Gasteiger partial charge < -0.3 is 14.8 Å². The minimum Gasteiger partial charge on any atom is -0.445 e. The van der Waals surface area contributed by atoms with Crippen LogP contribution >= 0.6 is 0 Å². The zero-order valence-corrected chi connectivity index (χ0v) is 9.60. The fourth-order valence-corrected chi connectivity index (χ4v) is 1.26. The second kappa shape index (κ2) is 6.85. The molecular formula is C12H17NO3. The van der Waals surface area contributed by atoms with Gasteiger partial charge in [0.05, 0.1) is 12.6 Å². The Morgan fingerprint density at radius 1 is 1.38 bits per heavy atom. The second-order valence-electron chi connectivity index (χ2n) is 3.56. The fraction of sp³-hybridized carbons (Fsp3) is 0.417. The fourth-order valence-electron chi connectivity index (χ4n) is 1.26. The van der Waals surface area contributed by atoms with Crippen LogP contribution < -0.4 is 5.32 Å². The lowest BCUT2D eigenvalue weighted by Crippen LogP contribution is -2.35. The number of rotatable bonds is 5. The molecule has 1 unspecified atom stereocenters. The Hall–Kier alpha value is -1.55. The first-order valence-corrected chi connectivity index (χ1v) is 5.18. The molecule has 0 saturated carbocycles. The number of hydrogen-bond acceptors (Lipinski definition) is 3. The molecule has 0 aliphatic carbocycles. The molecule has 0 bridgehead atoms. The van der Waals surface area contributed by atoms with Gasteiger partial charge in [-0.2, -0.15) is 0 Å². The maximum Gasteiger partial charge on any atom is 0.407 e. The summed E-state index contributed by atoms with van der Waals surface area (Å²) in [6.45, 7) is 2.61. The van der Waals surface area contributed by atoms with Crippen LogP contribution in [0, 0.1) is 0 Å². The van der Waals surface area contributed by atoms with Gasteiger partial charge in [0, 0.05) is 7.11 Å². The molecule has 1 atom stereocenters. The molecule has 4 nitrogen and oxygen atoms in total. The smallest absolute Gasteiger partial charge is 0.407 e. The Morgan fingerprint density at radius 3 is 2.69 bits per heavy atom. The van der Waals surface area contributed by atoms with Crippen LogP contribution in [0.15, 0.2) is 30.3 Å². The van der Waals surface area contributed by atoms with Gasteiger partial charge in [-0.05, 0) is 12.5 Å². The van der Waals surface area contributed by atoms with Crippen molar-refractivity contribution in [2.45, 2.75) is 19.6 Å². The average molecular weight is 223 g/mol. The van der Waals surface area contributed by atoms with Gasteiger partial charge in [0.2, 0.25) is 0 Å². The van der Waals surface area contributed by atoms with Crippen molar-refractivity contribution in [1.82, 2.24) is 5.32 Å². The minimum atomic E-state index is -0.423. The van der Waals surface area contributed by atoms with Crippen LogP contribution in [0.5, 0.6) is 0 Å². The summed E-state index contributed by atoms with van der Waals surface area (Å²) in [6, 6.07) is 9.50. The quantitative estimate of drug-likeness (QED) is 0.830. The monoisotopic (exact) mass is 223 g/mol. The van der Waals surface area contributed by atoms with Gasteiger partial charge in [-0.3, -0.25) is 0 Å². The molecule has 0 fully saturated rings. The minimum absolute atomic E-state index is 0.0479. The lowest BCUT2D eigenvalue weighted by atomic mass is 10.2. The van der Waals surface area contributed by atoms with Crippen LogP contribution in [0.1, 0.15) is 12.5 Å². The van der Waals surface area contributed by atoms with Gasteiger partial charge in [-0.15, -0.1) is 0 Å². The summed E-state index contributed by atoms with van der Waals surface area (Å²) in [5.41, 5.74) is 0.969. The third-order valence-electron chi connectivity index (χ3n) is 1.99. The molecule has 0 aliphatic rings. The molecule has 0 heterocycles. The zero-order chi connectivity index (χ0) is 11.8. The predicted molar refractivity (Wildman–Crippen MR) is 61.1 cm³/mol. The largest absolute Gasteiger partial charge is 0.445 e. The maximum absolute atomic E-state index is 11.3. The Labute approximate surface area is 95.6 Å². The molecule has 1 amide bonds. The topological polar surface area (TPSA) is 47.6 Å². The highest BCUT2D eigenvalue weighted by atomic mass is 16.5. The lowest BCUT2D eigenvalue weighted by molar-refractivity contribution is 0.123. The van der Waals surface area contributed by atoms with E-state index in [-0.39, 0.29) is 12.6 Å². The van der Waals surface area contributed by atoms with Crippen LogP contribution in [0.2, 0.25) is 0 Å². The Balaban J connectivity index is 2.25. The standard InChI is InChI=1S/C12H17NO3/c1-10(8-15-2)13-12(14)16-9-11-6-4-3-5-7-11/h3-7,10H,8-9H2,1-2H3,(H,13,14). The SMILES string of the molecule is COCC(C)NC(=O)OCc1ccccc1. The molecule has 1 rings (SSSR count). The summed E-state index contributed by atoms with van der Waals surface area (Å²) in [5, 5.41) is 2.66. The van der Waals surface area contributed by atoms with E-state index in [4.69, 9.17) is 9.47 Å². The number of methoxy groups -OCH3 is 1. The maximum atomic E-state index is 11.3. The van der Waals surface area contributed by atoms with Gasteiger partial charge in [0.15, 0.2) is 0 Å². The number of hydrogen-bond donors (Lipinski definition) is 1. The van der Waals surface area contributed by atoms with E-state index < -0.39 is 6.09 Å². The summed E-state index contributed by atoms with van der Waals surface area (Å²) >= 11 is 0. The Kier molecular flexibility index (Phi) is 5.36. The molecule has 0 saturated heterocycles. The van der Waals surface area contributed by atoms with E-state index in [1.165, 1.54) is 0 Å². The van der Waals surface area contributed by atoms with Gasteiger partial charge in [-0.1, -0.05) is 30.3 Å². The molecule has 0 radical (unpaired) electrons. The number of alkyl carbamates (subject to hydrolysis) is 1. The highest BCUT2D eigenvalue weighted by Crippen LogP contribution is 2.00. The van der Waals surface area contributed by atoms with Crippen LogP contribution in [-0.2, 0) is 16.1 Å². The number of ether oxygens (including phenoxy) is 2. The van der Waals surface area contributed by atoms with Gasteiger partial charge in [0.1, 0.15) is 6.61 Å². The van der Waals surface area contributed by atoms with E-state index in [1.807, 2.05) is 37.3 Å². The van der Waals surface area contributed by atoms with Crippen molar-refractivity contribution in [1.29, 1.82) is 0 Å². The summed E-state index contributed by atoms with van der Waals surface area (Å²) < 4.78 is 9.94. The Bertz CT molecular complexity index is 313. The predicted octanol–water partition coefficient (Wildman–Crippen LogP) is 1.95. The molecule has 1 N–H and O–H groups in total. The van der Waals surface area contributed by atoms with Crippen molar-refractivity contribution in [2.24, 2.45) is 0 Å². The Morgan fingerprint density at radius 2 is 2.06 bits per heavy atom. The van der Waals surface area contributed by atoms with E-state index >= 15 is 0 Å². The molecule has 4 heteroatoms. The molecule has 0 spiro atoms. The normalized spacial score (nSPS) is 11.9. The van der Waals surface area contributed by atoms with Crippen LogP contribution in [0.4, 0.5) is 4.79 Å². The zero-order valence-electron chi connectivity index (χ0n) is 9.60. The number of carbonyl (C=O) groups excluding carboxylic acids is 1. The third kappa shape index (κ3) is 4.79. The third-order valence-corrected chi connectivity index (χ3v) is 1.99. The number of nitrogens with one attached hydrogen (secondary N) is 1. The molecule has 0 aromatic heterocycles. The van der Waals surface area contributed by atoms with E-state index in [0.29, 0.717) is 6.61 Å². The van der Waals surface area contributed by atoms with E-state index in [9.17, 15) is 4.79 Å². The highest BCUT2D eigenvalue weighted by molar-refractivity contribution is 5.67. The number of carbonyl (C=O) groups is 1.